The number of benzene rings is 1. The van der Waals surface area contributed by atoms with Gasteiger partial charge in [0.1, 0.15) is 27.3 Å². The Bertz CT molecular complexity index is 1560. The van der Waals surface area contributed by atoms with Crippen molar-refractivity contribution in [3.63, 3.8) is 0 Å². The summed E-state index contributed by atoms with van der Waals surface area (Å²) in [6, 6.07) is 8.80. The summed E-state index contributed by atoms with van der Waals surface area (Å²) in [5.41, 5.74) is 9.30. The van der Waals surface area contributed by atoms with Gasteiger partial charge in [-0.2, -0.15) is 5.10 Å². The molecule has 1 aliphatic carbocycles. The van der Waals surface area contributed by atoms with E-state index in [2.05, 4.69) is 22.0 Å². The predicted octanol–water partition coefficient (Wildman–Crippen LogP) is 3.93. The molecule has 3 aromatic heterocycles. The lowest BCUT2D eigenvalue weighted by molar-refractivity contribution is -0.0154. The zero-order valence-corrected chi connectivity index (χ0v) is 22.6. The Hall–Kier alpha value is -3.28. The van der Waals surface area contributed by atoms with Gasteiger partial charge in [0, 0.05) is 31.1 Å². The first-order chi connectivity index (χ1) is 18.6. The van der Waals surface area contributed by atoms with Crippen LogP contribution in [0.4, 0.5) is 8.78 Å². The molecular weight excluding hydrogens is 524 g/mol. The van der Waals surface area contributed by atoms with Crippen LogP contribution in [-0.2, 0) is 21.0 Å². The Morgan fingerprint density at radius 2 is 1.87 bits per heavy atom. The minimum absolute atomic E-state index is 0.0293. The molecule has 1 aromatic carbocycles. The van der Waals surface area contributed by atoms with E-state index in [-0.39, 0.29) is 47.6 Å². The fourth-order valence-corrected chi connectivity index (χ4v) is 5.92. The van der Waals surface area contributed by atoms with Crippen molar-refractivity contribution in [1.82, 2.24) is 19.6 Å². The van der Waals surface area contributed by atoms with Gasteiger partial charge in [0.05, 0.1) is 41.4 Å². The smallest absolute Gasteiger partial charge is 0.149 e. The Kier molecular flexibility index (Phi) is 7.75. The number of imidazole rings is 1. The standard InChI is InChI=1S/C28H31F2N5O3S/c1-17-12-18(13-24(31)28(17)38-10-11-39(2,36)37)21-8-9-32-15-19(21)14-26-33-16-20-6-7-25(34-35(20)26)27-22(29)4-3-5-23(27)30/h3-9,15-18,24,28H,10-14,31H2,1-2H3/t17-,18+,24+,28-/m0/s1. The van der Waals surface area contributed by atoms with E-state index in [1.54, 1.807) is 29.0 Å². The predicted molar refractivity (Wildman–Crippen MR) is 144 cm³/mol. The number of nitrogens with two attached hydrogens (primary N) is 1. The summed E-state index contributed by atoms with van der Waals surface area (Å²) < 4.78 is 59.3. The zero-order chi connectivity index (χ0) is 27.7. The fraction of sp³-hybridized carbons (Fsp3) is 0.393. The summed E-state index contributed by atoms with van der Waals surface area (Å²) in [5.74, 6) is -0.485. The molecule has 0 spiro atoms. The first-order valence-corrected chi connectivity index (χ1v) is 14.9. The maximum absolute atomic E-state index is 14.4. The van der Waals surface area contributed by atoms with Crippen molar-refractivity contribution in [2.75, 3.05) is 18.6 Å². The van der Waals surface area contributed by atoms with Gasteiger partial charge in [0.2, 0.25) is 0 Å². The SMILES string of the molecule is C[C@H]1C[C@@H](c2ccncc2Cc2ncc3ccc(-c4c(F)cccc4F)nn23)C[C@@H](N)[C@H]1OCCS(C)(=O)=O. The van der Waals surface area contributed by atoms with Gasteiger partial charge in [0.25, 0.3) is 0 Å². The van der Waals surface area contributed by atoms with Crippen LogP contribution in [0.2, 0.25) is 0 Å². The summed E-state index contributed by atoms with van der Waals surface area (Å²) in [7, 11) is -3.11. The number of sulfone groups is 1. The lowest BCUT2D eigenvalue weighted by atomic mass is 9.73. The van der Waals surface area contributed by atoms with E-state index in [1.165, 1.54) is 24.5 Å². The van der Waals surface area contributed by atoms with E-state index in [0.717, 1.165) is 17.5 Å². The lowest BCUT2D eigenvalue weighted by Crippen LogP contribution is -2.47. The Morgan fingerprint density at radius 1 is 1.10 bits per heavy atom. The van der Waals surface area contributed by atoms with Crippen LogP contribution in [0.5, 0.6) is 0 Å². The highest BCUT2D eigenvalue weighted by Gasteiger charge is 2.36. The Morgan fingerprint density at radius 3 is 2.59 bits per heavy atom. The van der Waals surface area contributed by atoms with Crippen LogP contribution in [0.25, 0.3) is 16.8 Å². The van der Waals surface area contributed by atoms with E-state index in [4.69, 9.17) is 10.5 Å². The van der Waals surface area contributed by atoms with Crippen LogP contribution in [0.1, 0.15) is 42.6 Å². The van der Waals surface area contributed by atoms with E-state index in [0.29, 0.717) is 24.2 Å². The van der Waals surface area contributed by atoms with Crippen LogP contribution in [0, 0.1) is 17.6 Å². The highest BCUT2D eigenvalue weighted by atomic mass is 32.2. The Labute approximate surface area is 226 Å². The number of hydrogen-bond acceptors (Lipinski definition) is 7. The van der Waals surface area contributed by atoms with Crippen LogP contribution >= 0.6 is 0 Å². The number of pyridine rings is 1. The van der Waals surface area contributed by atoms with Crippen molar-refractivity contribution in [2.24, 2.45) is 11.7 Å². The van der Waals surface area contributed by atoms with Gasteiger partial charge in [-0.25, -0.2) is 26.7 Å². The molecule has 39 heavy (non-hydrogen) atoms. The zero-order valence-electron chi connectivity index (χ0n) is 21.8. The summed E-state index contributed by atoms with van der Waals surface area (Å²) in [4.78, 5) is 8.88. The van der Waals surface area contributed by atoms with Crippen LogP contribution in [0.15, 0.2) is 55.0 Å². The minimum atomic E-state index is -3.11. The quantitative estimate of drug-likeness (QED) is 0.351. The topological polar surface area (TPSA) is 112 Å². The molecule has 206 valence electrons. The summed E-state index contributed by atoms with van der Waals surface area (Å²) in [6.45, 7) is 2.21. The first kappa shape index (κ1) is 27.3. The molecule has 4 atom stereocenters. The maximum Gasteiger partial charge on any atom is 0.149 e. The van der Waals surface area contributed by atoms with Crippen molar-refractivity contribution >= 4 is 15.4 Å². The third-order valence-electron chi connectivity index (χ3n) is 7.36. The van der Waals surface area contributed by atoms with Crippen LogP contribution in [0.3, 0.4) is 0 Å². The third kappa shape index (κ3) is 6.00. The third-order valence-corrected chi connectivity index (χ3v) is 8.27. The van der Waals surface area contributed by atoms with Crippen LogP contribution < -0.4 is 5.73 Å². The molecule has 0 amide bonds. The maximum atomic E-state index is 14.4. The number of nitrogens with zero attached hydrogens (tertiary/aromatic N) is 4. The minimum Gasteiger partial charge on any atom is -0.375 e. The second-order valence-corrected chi connectivity index (χ2v) is 12.6. The lowest BCUT2D eigenvalue weighted by Gasteiger charge is -2.39. The molecule has 3 heterocycles. The fourth-order valence-electron chi connectivity index (χ4n) is 5.53. The number of aromatic nitrogens is 4. The average Bonchev–Trinajstić information content (AvgIpc) is 3.27. The highest BCUT2D eigenvalue weighted by molar-refractivity contribution is 7.90. The van der Waals surface area contributed by atoms with Gasteiger partial charge in [-0.1, -0.05) is 13.0 Å². The molecule has 0 radical (unpaired) electrons. The molecule has 1 fully saturated rings. The van der Waals surface area contributed by atoms with E-state index >= 15 is 0 Å². The van der Waals surface area contributed by atoms with E-state index in [9.17, 15) is 17.2 Å². The molecule has 8 nitrogen and oxygen atoms in total. The molecular formula is C28H31F2N5O3S. The second-order valence-electron chi connectivity index (χ2n) is 10.4. The number of ether oxygens (including phenoxy) is 1. The summed E-state index contributed by atoms with van der Waals surface area (Å²) in [6.07, 6.45) is 8.14. The summed E-state index contributed by atoms with van der Waals surface area (Å²) in [5, 5.41) is 4.52. The Balaban J connectivity index is 1.38. The molecule has 0 saturated heterocycles. The molecule has 0 unspecified atom stereocenters. The molecule has 11 heteroatoms. The number of fused-ring (bicyclic) bond motifs is 1. The largest absolute Gasteiger partial charge is 0.375 e. The van der Waals surface area contributed by atoms with Crippen molar-refractivity contribution in [3.8, 4) is 11.3 Å². The van der Waals surface area contributed by atoms with Crippen LogP contribution in [-0.4, -0.2) is 58.8 Å². The van der Waals surface area contributed by atoms with Crippen molar-refractivity contribution in [2.45, 2.75) is 44.2 Å². The van der Waals surface area contributed by atoms with Crippen molar-refractivity contribution in [3.05, 3.63) is 83.6 Å². The average molecular weight is 556 g/mol. The molecule has 0 aliphatic heterocycles. The van der Waals surface area contributed by atoms with Gasteiger partial charge < -0.3 is 10.5 Å². The molecule has 0 bridgehead atoms. The molecule has 1 aliphatic rings. The van der Waals surface area contributed by atoms with E-state index in [1.807, 2.05) is 12.3 Å². The van der Waals surface area contributed by atoms with Crippen molar-refractivity contribution in [1.29, 1.82) is 0 Å². The van der Waals surface area contributed by atoms with Gasteiger partial charge in [-0.05, 0) is 66.1 Å². The van der Waals surface area contributed by atoms with Gasteiger partial charge in [-0.15, -0.1) is 0 Å². The summed E-state index contributed by atoms with van der Waals surface area (Å²) >= 11 is 0. The molecule has 2 N–H and O–H groups in total. The van der Waals surface area contributed by atoms with Gasteiger partial charge in [-0.3, -0.25) is 4.98 Å². The van der Waals surface area contributed by atoms with Gasteiger partial charge in [0.15, 0.2) is 0 Å². The monoisotopic (exact) mass is 555 g/mol. The highest BCUT2D eigenvalue weighted by Crippen LogP contribution is 2.38. The number of hydrogen-bond donors (Lipinski definition) is 1. The second kappa shape index (κ2) is 11.1. The van der Waals surface area contributed by atoms with E-state index < -0.39 is 21.5 Å². The first-order valence-electron chi connectivity index (χ1n) is 12.9. The molecule has 5 rings (SSSR count). The van der Waals surface area contributed by atoms with Gasteiger partial charge >= 0.3 is 0 Å². The van der Waals surface area contributed by atoms with Crippen molar-refractivity contribution < 1.29 is 21.9 Å². The molecule has 4 aromatic rings. The number of rotatable bonds is 8. The number of halogens is 2. The molecule has 1 saturated carbocycles. The normalized spacial score (nSPS) is 21.9.